The van der Waals surface area contributed by atoms with Gasteiger partial charge in [-0.25, -0.2) is 0 Å². The summed E-state index contributed by atoms with van der Waals surface area (Å²) in [5.74, 6) is 0.508. The molecule has 0 aliphatic carbocycles. The van der Waals surface area contributed by atoms with Crippen molar-refractivity contribution in [3.63, 3.8) is 0 Å². The Morgan fingerprint density at radius 3 is 1.93 bits per heavy atom. The maximum Gasteiger partial charge on any atom is 0.162 e. The second-order valence-electron chi connectivity index (χ2n) is 9.74. The number of benzene rings is 1. The number of aromatic hydroxyl groups is 1. The molecule has 0 fully saturated rings. The van der Waals surface area contributed by atoms with E-state index in [4.69, 9.17) is 1.37 Å². The van der Waals surface area contributed by atoms with Gasteiger partial charge in [0.25, 0.3) is 0 Å². The molecule has 0 aliphatic heterocycles. The zero-order chi connectivity index (χ0) is 21.4. The first kappa shape index (κ1) is 21.7. The molecule has 1 aromatic rings. The van der Waals surface area contributed by atoms with Crippen molar-refractivity contribution in [2.24, 2.45) is 0 Å². The van der Waals surface area contributed by atoms with Crippen molar-refractivity contribution in [1.82, 2.24) is 0 Å². The minimum absolute atomic E-state index is 0.177. The lowest BCUT2D eigenvalue weighted by molar-refractivity contribution is 0.0979. The number of phenols is 1. The van der Waals surface area contributed by atoms with E-state index in [2.05, 4.69) is 41.5 Å². The van der Waals surface area contributed by atoms with Gasteiger partial charge in [0.15, 0.2) is 5.78 Å². The Labute approximate surface area is 168 Å². The van der Waals surface area contributed by atoms with Crippen LogP contribution in [0.25, 0.3) is 0 Å². The summed E-state index contributed by atoms with van der Waals surface area (Å²) in [5.41, 5.74) is 2.01. The summed E-state index contributed by atoms with van der Waals surface area (Å²) in [4.78, 5) is 12.8. The van der Waals surface area contributed by atoms with Crippen LogP contribution in [0.3, 0.4) is 0 Å². The number of Topliss-reactive ketones (excluding diaryl/α,β-unsaturated/α-hetero) is 1. The number of hydrogen-bond donors (Lipinski definition) is 1. The Kier molecular flexibility index (Phi) is 8.13. The van der Waals surface area contributed by atoms with Crippen LogP contribution in [-0.2, 0) is 10.8 Å². The SMILES string of the molecule is [3H]C=CCCCCCCCCC(=O)c1cc(C(C)(C)C)c(O)c(C(C)(C)C)c1. The molecular formula is C25H40O2. The van der Waals surface area contributed by atoms with E-state index in [1.807, 2.05) is 18.2 Å². The Morgan fingerprint density at radius 1 is 0.963 bits per heavy atom. The number of hydrogen-bond acceptors (Lipinski definition) is 2. The smallest absolute Gasteiger partial charge is 0.162 e. The number of unbranched alkanes of at least 4 members (excludes halogenated alkanes) is 6. The summed E-state index contributed by atoms with van der Waals surface area (Å²) in [6.07, 6.45) is 10.2. The minimum atomic E-state index is -0.213. The second kappa shape index (κ2) is 10.1. The van der Waals surface area contributed by atoms with Crippen molar-refractivity contribution < 1.29 is 11.3 Å². The number of rotatable bonds is 10. The molecular weight excluding hydrogens is 332 g/mol. The normalized spacial score (nSPS) is 13.2. The summed E-state index contributed by atoms with van der Waals surface area (Å²) in [6, 6.07) is 3.79. The molecule has 0 spiro atoms. The van der Waals surface area contributed by atoms with Gasteiger partial charge in [-0.15, -0.1) is 6.55 Å². The number of allylic oxidation sites excluding steroid dienone is 1. The molecule has 0 saturated heterocycles. The largest absolute Gasteiger partial charge is 0.507 e. The first-order chi connectivity index (χ1) is 13.0. The van der Waals surface area contributed by atoms with Crippen molar-refractivity contribution in [2.75, 3.05) is 0 Å². The molecule has 0 bridgehead atoms. The van der Waals surface area contributed by atoms with Gasteiger partial charge in [-0.2, -0.15) is 0 Å². The highest BCUT2D eigenvalue weighted by atomic mass is 16.3. The van der Waals surface area contributed by atoms with Crippen molar-refractivity contribution >= 4 is 5.78 Å². The molecule has 0 aliphatic rings. The molecule has 0 unspecified atom stereocenters. The van der Waals surface area contributed by atoms with Crippen molar-refractivity contribution in [3.8, 4) is 5.75 Å². The number of phenolic OH excluding ortho intramolecular Hbond substituents is 1. The second-order valence-corrected chi connectivity index (χ2v) is 9.74. The maximum atomic E-state index is 12.8. The Morgan fingerprint density at radius 2 is 1.44 bits per heavy atom. The van der Waals surface area contributed by atoms with E-state index in [1.165, 1.54) is 19.4 Å². The van der Waals surface area contributed by atoms with E-state index in [0.717, 1.165) is 48.8 Å². The van der Waals surface area contributed by atoms with Crippen molar-refractivity contribution in [3.05, 3.63) is 41.5 Å². The third kappa shape index (κ3) is 7.52. The maximum absolute atomic E-state index is 12.8. The fourth-order valence-electron chi connectivity index (χ4n) is 3.34. The van der Waals surface area contributed by atoms with Crippen molar-refractivity contribution in [1.29, 1.82) is 0 Å². The monoisotopic (exact) mass is 374 g/mol. The Hall–Kier alpha value is -1.57. The van der Waals surface area contributed by atoms with Gasteiger partial charge >= 0.3 is 0 Å². The molecule has 1 N–H and O–H groups in total. The summed E-state index contributed by atoms with van der Waals surface area (Å²) in [6.45, 7) is 13.8. The summed E-state index contributed by atoms with van der Waals surface area (Å²) < 4.78 is 6.96. The Balaban J connectivity index is 2.70. The van der Waals surface area contributed by atoms with Crippen molar-refractivity contribution in [2.45, 2.75) is 104 Å². The lowest BCUT2D eigenvalue weighted by Gasteiger charge is -2.28. The third-order valence-electron chi connectivity index (χ3n) is 5.07. The molecule has 1 rings (SSSR count). The number of carbonyl (C=O) groups is 1. The molecule has 0 heterocycles. The zero-order valence-corrected chi connectivity index (χ0v) is 18.3. The van der Waals surface area contributed by atoms with Crippen LogP contribution in [0, 0.1) is 0 Å². The van der Waals surface area contributed by atoms with E-state index in [9.17, 15) is 9.90 Å². The Bertz CT molecular complexity index is 625. The van der Waals surface area contributed by atoms with E-state index >= 15 is 0 Å². The fourth-order valence-corrected chi connectivity index (χ4v) is 3.34. The number of ketones is 1. The molecule has 0 aromatic heterocycles. The van der Waals surface area contributed by atoms with E-state index in [0.29, 0.717) is 12.2 Å². The van der Waals surface area contributed by atoms with Gasteiger partial charge in [0.2, 0.25) is 0 Å². The van der Waals surface area contributed by atoms with E-state index in [-0.39, 0.29) is 16.6 Å². The fraction of sp³-hybridized carbons (Fsp3) is 0.640. The topological polar surface area (TPSA) is 37.3 Å². The zero-order valence-electron chi connectivity index (χ0n) is 19.3. The average Bonchev–Trinajstić information content (AvgIpc) is 2.58. The molecule has 0 saturated carbocycles. The lowest BCUT2D eigenvalue weighted by Crippen LogP contribution is -2.18. The van der Waals surface area contributed by atoms with Gasteiger partial charge in [-0.05, 0) is 42.2 Å². The van der Waals surface area contributed by atoms with Crippen LogP contribution in [0.2, 0.25) is 0 Å². The summed E-state index contributed by atoms with van der Waals surface area (Å²) >= 11 is 0. The molecule has 2 heteroatoms. The van der Waals surface area contributed by atoms with Gasteiger partial charge in [0, 0.05) is 23.1 Å². The molecule has 2 nitrogen and oxygen atoms in total. The summed E-state index contributed by atoms with van der Waals surface area (Å²) in [7, 11) is 0. The third-order valence-corrected chi connectivity index (χ3v) is 5.07. The lowest BCUT2D eigenvalue weighted by atomic mass is 9.78. The number of carbonyl (C=O) groups excluding carboxylic acids is 1. The van der Waals surface area contributed by atoms with Crippen LogP contribution < -0.4 is 0 Å². The first-order valence-corrected chi connectivity index (χ1v) is 10.4. The highest BCUT2D eigenvalue weighted by molar-refractivity contribution is 5.96. The summed E-state index contributed by atoms with van der Waals surface area (Å²) in [5, 5.41) is 10.8. The average molecular weight is 375 g/mol. The van der Waals surface area contributed by atoms with E-state index in [1.54, 1.807) is 0 Å². The van der Waals surface area contributed by atoms with Gasteiger partial charge in [0.05, 0.1) is 1.37 Å². The van der Waals surface area contributed by atoms with Gasteiger partial charge in [0.1, 0.15) is 5.75 Å². The van der Waals surface area contributed by atoms with E-state index < -0.39 is 0 Å². The van der Waals surface area contributed by atoms with Crippen LogP contribution >= 0.6 is 0 Å². The van der Waals surface area contributed by atoms with Crippen LogP contribution in [0.4, 0.5) is 0 Å². The van der Waals surface area contributed by atoms with Crippen LogP contribution in [0.15, 0.2) is 24.8 Å². The molecule has 0 radical (unpaired) electrons. The molecule has 152 valence electrons. The first-order valence-electron chi connectivity index (χ1n) is 11.0. The quantitative estimate of drug-likeness (QED) is 0.262. The minimum Gasteiger partial charge on any atom is -0.507 e. The highest BCUT2D eigenvalue weighted by Crippen LogP contribution is 2.40. The highest BCUT2D eigenvalue weighted by Gasteiger charge is 2.27. The van der Waals surface area contributed by atoms with Gasteiger partial charge < -0.3 is 5.11 Å². The van der Waals surface area contributed by atoms with Crippen LogP contribution in [0.1, 0.15) is 116 Å². The van der Waals surface area contributed by atoms with Gasteiger partial charge in [-0.3, -0.25) is 4.79 Å². The predicted molar refractivity (Wildman–Crippen MR) is 117 cm³/mol. The van der Waals surface area contributed by atoms with Gasteiger partial charge in [-0.1, -0.05) is 73.3 Å². The molecule has 0 atom stereocenters. The molecule has 27 heavy (non-hydrogen) atoms. The van der Waals surface area contributed by atoms with Crippen LogP contribution in [0.5, 0.6) is 5.75 Å². The molecule has 1 aromatic carbocycles. The predicted octanol–water partition coefficient (Wildman–Crippen LogP) is 7.48. The molecule has 0 amide bonds. The van der Waals surface area contributed by atoms with Crippen LogP contribution in [-0.4, -0.2) is 10.9 Å². The standard InChI is InChI=1S/C25H40O2/c1-8-9-10-11-12-13-14-15-16-22(26)19-17-20(24(2,3)4)23(27)21(18-19)25(5,6)7/h8,17-18,27H,1,9-16H2,2-7H3/i1T.